The molecule has 0 fully saturated rings. The lowest BCUT2D eigenvalue weighted by molar-refractivity contribution is -0.141. The molecule has 0 saturated heterocycles. The second-order valence-corrected chi connectivity index (χ2v) is 7.26. The first-order valence-electron chi connectivity index (χ1n) is 9.25. The molecule has 0 saturated carbocycles. The molecule has 3 rings (SSSR count). The van der Waals surface area contributed by atoms with E-state index in [1.54, 1.807) is 11.0 Å². The Morgan fingerprint density at radius 3 is 2.57 bits per heavy atom. The van der Waals surface area contributed by atoms with Crippen molar-refractivity contribution in [1.29, 1.82) is 0 Å². The summed E-state index contributed by atoms with van der Waals surface area (Å²) in [7, 11) is 0. The van der Waals surface area contributed by atoms with Crippen LogP contribution in [0.2, 0.25) is 0 Å². The summed E-state index contributed by atoms with van der Waals surface area (Å²) in [6.07, 6.45) is 1.42. The zero-order chi connectivity index (χ0) is 20.5. The highest BCUT2D eigenvalue weighted by molar-refractivity contribution is 6.09. The van der Waals surface area contributed by atoms with E-state index in [1.807, 2.05) is 50.2 Å². The molecule has 0 aromatic heterocycles. The van der Waals surface area contributed by atoms with E-state index in [9.17, 15) is 14.7 Å². The molecule has 0 aliphatic carbocycles. The number of carbonyl (C=O) groups excluding carboxylic acids is 2. The minimum absolute atomic E-state index is 0.237. The maximum absolute atomic E-state index is 13.3. The maximum atomic E-state index is 13.3. The van der Waals surface area contributed by atoms with Crippen LogP contribution >= 0.6 is 0 Å². The number of amides is 1. The summed E-state index contributed by atoms with van der Waals surface area (Å²) in [5, 5.41) is 11.3. The summed E-state index contributed by atoms with van der Waals surface area (Å²) < 4.78 is 5.72. The van der Waals surface area contributed by atoms with Crippen LogP contribution in [-0.2, 0) is 21.7 Å². The van der Waals surface area contributed by atoms with Crippen molar-refractivity contribution in [2.75, 3.05) is 11.5 Å². The van der Waals surface area contributed by atoms with Gasteiger partial charge in [0.25, 0.3) is 5.91 Å². The van der Waals surface area contributed by atoms with Gasteiger partial charge in [0.1, 0.15) is 18.1 Å². The van der Waals surface area contributed by atoms with E-state index >= 15 is 0 Å². The normalized spacial score (nSPS) is 18.1. The van der Waals surface area contributed by atoms with Crippen molar-refractivity contribution >= 4 is 17.4 Å². The number of aryl methyl sites for hydroxylation is 2. The number of ketones is 1. The lowest BCUT2D eigenvalue weighted by atomic mass is 9.86. The topological polar surface area (TPSA) is 66.8 Å². The molecule has 1 aliphatic rings. The van der Waals surface area contributed by atoms with E-state index in [0.29, 0.717) is 23.6 Å². The van der Waals surface area contributed by atoms with Gasteiger partial charge in [-0.2, -0.15) is 0 Å². The molecular weight excluding hydrogens is 354 g/mol. The third-order valence-corrected chi connectivity index (χ3v) is 5.03. The SMILES string of the molecule is C=CCOc1ccccc1CN1C(=O)C(O)(CC(C)=O)c2c(C)ccc(C)c21. The summed E-state index contributed by atoms with van der Waals surface area (Å²) in [5.74, 6) is -0.0584. The van der Waals surface area contributed by atoms with E-state index < -0.39 is 11.5 Å². The molecule has 28 heavy (non-hydrogen) atoms. The van der Waals surface area contributed by atoms with Crippen molar-refractivity contribution in [3.05, 3.63) is 71.3 Å². The highest BCUT2D eigenvalue weighted by atomic mass is 16.5. The van der Waals surface area contributed by atoms with Gasteiger partial charge in [0.05, 0.1) is 12.2 Å². The molecule has 1 amide bonds. The molecule has 1 N–H and O–H groups in total. The number of para-hydroxylation sites is 1. The van der Waals surface area contributed by atoms with Gasteiger partial charge in [-0.25, -0.2) is 0 Å². The minimum Gasteiger partial charge on any atom is -0.489 e. The Hall–Kier alpha value is -2.92. The van der Waals surface area contributed by atoms with Crippen LogP contribution < -0.4 is 9.64 Å². The van der Waals surface area contributed by atoms with E-state index in [2.05, 4.69) is 6.58 Å². The van der Waals surface area contributed by atoms with Crippen molar-refractivity contribution in [3.8, 4) is 5.75 Å². The van der Waals surface area contributed by atoms with Gasteiger partial charge < -0.3 is 14.7 Å². The smallest absolute Gasteiger partial charge is 0.264 e. The number of rotatable bonds is 7. The predicted octanol–water partition coefficient (Wildman–Crippen LogP) is 3.58. The molecule has 2 aromatic rings. The third kappa shape index (κ3) is 3.34. The Labute approximate surface area is 165 Å². The van der Waals surface area contributed by atoms with Crippen LogP contribution in [0.4, 0.5) is 5.69 Å². The van der Waals surface area contributed by atoms with E-state index in [0.717, 1.165) is 16.7 Å². The average molecular weight is 379 g/mol. The van der Waals surface area contributed by atoms with Gasteiger partial charge in [0.15, 0.2) is 5.60 Å². The quantitative estimate of drug-likeness (QED) is 0.747. The molecule has 146 valence electrons. The standard InChI is InChI=1S/C23H25NO4/c1-5-12-28-19-9-7-6-8-18(19)14-24-21-16(3)11-10-15(2)20(21)23(27,22(24)26)13-17(4)25/h5-11,27H,1,12-14H2,2-4H3. The number of anilines is 1. The fraction of sp³-hybridized carbons (Fsp3) is 0.304. The summed E-state index contributed by atoms with van der Waals surface area (Å²) in [4.78, 5) is 26.7. The number of ether oxygens (including phenoxy) is 1. The number of nitrogens with zero attached hydrogens (tertiary/aromatic N) is 1. The minimum atomic E-state index is -1.84. The molecule has 1 heterocycles. The number of benzene rings is 2. The zero-order valence-corrected chi connectivity index (χ0v) is 16.5. The van der Waals surface area contributed by atoms with E-state index in [1.165, 1.54) is 6.92 Å². The fourth-order valence-electron chi connectivity index (χ4n) is 3.87. The number of hydrogen-bond acceptors (Lipinski definition) is 4. The molecule has 1 aliphatic heterocycles. The van der Waals surface area contributed by atoms with Crippen LogP contribution in [0.3, 0.4) is 0 Å². The first kappa shape index (κ1) is 19.8. The highest BCUT2D eigenvalue weighted by Crippen LogP contribution is 2.47. The van der Waals surface area contributed by atoms with E-state index in [4.69, 9.17) is 4.74 Å². The third-order valence-electron chi connectivity index (χ3n) is 5.03. The van der Waals surface area contributed by atoms with Crippen molar-refractivity contribution in [1.82, 2.24) is 0 Å². The Bertz CT molecular complexity index is 950. The highest BCUT2D eigenvalue weighted by Gasteiger charge is 2.51. The van der Waals surface area contributed by atoms with Crippen molar-refractivity contribution < 1.29 is 19.4 Å². The van der Waals surface area contributed by atoms with Crippen molar-refractivity contribution in [2.24, 2.45) is 0 Å². The summed E-state index contributed by atoms with van der Waals surface area (Å²) in [5.41, 5.74) is 1.84. The number of Topliss-reactive ketones (excluding diaryl/α,β-unsaturated/α-hetero) is 1. The van der Waals surface area contributed by atoms with Crippen LogP contribution in [0.25, 0.3) is 0 Å². The number of carbonyl (C=O) groups is 2. The van der Waals surface area contributed by atoms with Gasteiger partial charge in [-0.15, -0.1) is 0 Å². The van der Waals surface area contributed by atoms with Crippen LogP contribution in [0.5, 0.6) is 5.75 Å². The Morgan fingerprint density at radius 1 is 1.21 bits per heavy atom. The van der Waals surface area contributed by atoms with Crippen LogP contribution in [0.1, 0.15) is 35.6 Å². The zero-order valence-electron chi connectivity index (χ0n) is 16.5. The van der Waals surface area contributed by atoms with E-state index in [-0.39, 0.29) is 18.7 Å². The van der Waals surface area contributed by atoms with Crippen LogP contribution in [-0.4, -0.2) is 23.4 Å². The Kier molecular flexibility index (Phi) is 5.38. The molecule has 2 aromatic carbocycles. The predicted molar refractivity (Wildman–Crippen MR) is 108 cm³/mol. The summed E-state index contributed by atoms with van der Waals surface area (Å²) in [6.45, 7) is 9.39. The molecular formula is C23H25NO4. The molecule has 0 spiro atoms. The number of fused-ring (bicyclic) bond motifs is 1. The van der Waals surface area contributed by atoms with Gasteiger partial charge in [-0.3, -0.25) is 9.59 Å². The van der Waals surface area contributed by atoms with Gasteiger partial charge in [-0.1, -0.05) is 43.0 Å². The first-order valence-corrected chi connectivity index (χ1v) is 9.25. The van der Waals surface area contributed by atoms with Crippen molar-refractivity contribution in [3.63, 3.8) is 0 Å². The van der Waals surface area contributed by atoms with Crippen molar-refractivity contribution in [2.45, 2.75) is 39.3 Å². The molecule has 0 radical (unpaired) electrons. The van der Waals surface area contributed by atoms with Gasteiger partial charge in [-0.05, 0) is 38.0 Å². The second-order valence-electron chi connectivity index (χ2n) is 7.26. The lowest BCUT2D eigenvalue weighted by Gasteiger charge is -2.23. The van der Waals surface area contributed by atoms with Crippen LogP contribution in [0.15, 0.2) is 49.1 Å². The molecule has 0 bridgehead atoms. The molecule has 1 unspecified atom stereocenters. The summed E-state index contributed by atoms with van der Waals surface area (Å²) in [6, 6.07) is 11.3. The van der Waals surface area contributed by atoms with Gasteiger partial charge in [0, 0.05) is 17.5 Å². The average Bonchev–Trinajstić information content (AvgIpc) is 2.86. The summed E-state index contributed by atoms with van der Waals surface area (Å²) >= 11 is 0. The van der Waals surface area contributed by atoms with Gasteiger partial charge >= 0.3 is 0 Å². The van der Waals surface area contributed by atoms with Crippen LogP contribution in [0, 0.1) is 13.8 Å². The lowest BCUT2D eigenvalue weighted by Crippen LogP contribution is -2.41. The molecule has 5 nitrogen and oxygen atoms in total. The van der Waals surface area contributed by atoms with Gasteiger partial charge in [0.2, 0.25) is 0 Å². The Balaban J connectivity index is 2.09. The number of hydrogen-bond donors (Lipinski definition) is 1. The Morgan fingerprint density at radius 2 is 1.89 bits per heavy atom. The molecule has 1 atom stereocenters. The fourth-order valence-corrected chi connectivity index (χ4v) is 3.87. The maximum Gasteiger partial charge on any atom is 0.264 e. The largest absolute Gasteiger partial charge is 0.489 e. The molecule has 5 heteroatoms. The second kappa shape index (κ2) is 7.60. The monoisotopic (exact) mass is 379 g/mol. The first-order chi connectivity index (χ1) is 13.3. The number of aliphatic hydroxyl groups is 1.